The van der Waals surface area contributed by atoms with Crippen molar-refractivity contribution in [2.45, 2.75) is 25.2 Å². The van der Waals surface area contributed by atoms with E-state index in [-0.39, 0.29) is 5.91 Å². The first-order valence-corrected chi connectivity index (χ1v) is 12.5. The molecule has 2 aromatic carbocycles. The highest BCUT2D eigenvalue weighted by atomic mass is 127. The lowest BCUT2D eigenvalue weighted by Gasteiger charge is -2.31. The van der Waals surface area contributed by atoms with Gasteiger partial charge in [-0.2, -0.15) is 4.98 Å². The third-order valence-corrected chi connectivity index (χ3v) is 6.78. The largest absolute Gasteiger partial charge is 0.495 e. The summed E-state index contributed by atoms with van der Waals surface area (Å²) in [6.07, 6.45) is -0.783. The van der Waals surface area contributed by atoms with Crippen LogP contribution in [0.3, 0.4) is 0 Å². The summed E-state index contributed by atoms with van der Waals surface area (Å²) in [5, 5.41) is 9.18. The fourth-order valence-electron chi connectivity index (χ4n) is 3.42. The molecule has 0 spiro atoms. The van der Waals surface area contributed by atoms with Gasteiger partial charge in [0, 0.05) is 16.1 Å². The number of rotatable bonds is 4. The summed E-state index contributed by atoms with van der Waals surface area (Å²) in [4.78, 5) is 19.2. The molecule has 0 N–H and O–H groups in total. The van der Waals surface area contributed by atoms with Crippen molar-refractivity contribution in [2.24, 2.45) is 0 Å². The summed E-state index contributed by atoms with van der Waals surface area (Å²) in [6.45, 7) is 3.54. The van der Waals surface area contributed by atoms with Crippen LogP contribution in [0, 0.1) is 7.14 Å². The van der Waals surface area contributed by atoms with Crippen molar-refractivity contribution in [3.63, 3.8) is 0 Å². The minimum absolute atomic E-state index is 0.169. The number of para-hydroxylation sites is 1. The molecule has 3 aromatic rings. The van der Waals surface area contributed by atoms with E-state index in [1.165, 1.54) is 18.7 Å². The second kappa shape index (κ2) is 9.45. The van der Waals surface area contributed by atoms with E-state index in [4.69, 9.17) is 9.47 Å². The highest BCUT2D eigenvalue weighted by molar-refractivity contribution is 14.1. The molecule has 1 aliphatic rings. The van der Waals surface area contributed by atoms with Crippen molar-refractivity contribution in [1.29, 1.82) is 0 Å². The van der Waals surface area contributed by atoms with E-state index in [9.17, 15) is 4.79 Å². The van der Waals surface area contributed by atoms with Crippen LogP contribution in [0.4, 0.5) is 5.69 Å². The van der Waals surface area contributed by atoms with Crippen LogP contribution in [0.1, 0.15) is 25.6 Å². The Balaban J connectivity index is 2.00. The summed E-state index contributed by atoms with van der Waals surface area (Å²) < 4.78 is 14.1. The average Bonchev–Trinajstić information content (AvgIpc) is 2.87. The van der Waals surface area contributed by atoms with Crippen molar-refractivity contribution in [3.05, 3.63) is 49.1 Å². The zero-order chi connectivity index (χ0) is 22.1. The van der Waals surface area contributed by atoms with Crippen LogP contribution in [0.5, 0.6) is 11.6 Å². The molecular formula is C21H18I2N4O3S. The van der Waals surface area contributed by atoms with Crippen LogP contribution in [0.25, 0.3) is 11.3 Å². The van der Waals surface area contributed by atoms with E-state index in [0.29, 0.717) is 28.2 Å². The number of thioether (sulfide) groups is 1. The quantitative estimate of drug-likeness (QED) is 0.278. The van der Waals surface area contributed by atoms with Crippen LogP contribution in [0.15, 0.2) is 41.6 Å². The molecule has 1 aliphatic heterocycles. The number of hydrogen-bond donors (Lipinski definition) is 0. The smallest absolute Gasteiger partial charge is 0.247 e. The monoisotopic (exact) mass is 660 g/mol. The predicted octanol–water partition coefficient (Wildman–Crippen LogP) is 5.31. The topological polar surface area (TPSA) is 77.4 Å². The van der Waals surface area contributed by atoms with Gasteiger partial charge in [-0.1, -0.05) is 36.9 Å². The summed E-state index contributed by atoms with van der Waals surface area (Å²) >= 11 is 5.96. The molecule has 0 unspecified atom stereocenters. The van der Waals surface area contributed by atoms with Crippen LogP contribution >= 0.6 is 56.9 Å². The number of nitrogens with zero attached hydrogens (tertiary/aromatic N) is 4. The van der Waals surface area contributed by atoms with Gasteiger partial charge in [0.1, 0.15) is 5.75 Å². The van der Waals surface area contributed by atoms with Crippen molar-refractivity contribution in [2.75, 3.05) is 17.8 Å². The van der Waals surface area contributed by atoms with Gasteiger partial charge in [0.05, 0.1) is 21.9 Å². The first-order valence-electron chi connectivity index (χ1n) is 9.40. The summed E-state index contributed by atoms with van der Waals surface area (Å²) in [5.41, 5.74) is 2.66. The first kappa shape index (κ1) is 22.5. The molecule has 10 heteroatoms. The lowest BCUT2D eigenvalue weighted by atomic mass is 10.1. The number of carbonyl (C=O) groups is 1. The SMILES string of the molecule is CCSc1nnc2c(n1)O[C@@H](c1cc(I)cc(I)c1OC)N(C(C)=O)c1ccccc1-2. The van der Waals surface area contributed by atoms with Crippen LogP contribution in [-0.2, 0) is 4.79 Å². The number of anilines is 1. The third kappa shape index (κ3) is 4.33. The Kier molecular flexibility index (Phi) is 6.86. The lowest BCUT2D eigenvalue weighted by Crippen LogP contribution is -2.36. The number of halogens is 2. The Morgan fingerprint density at radius 3 is 2.74 bits per heavy atom. The van der Waals surface area contributed by atoms with Gasteiger partial charge < -0.3 is 9.47 Å². The highest BCUT2D eigenvalue weighted by Gasteiger charge is 2.36. The van der Waals surface area contributed by atoms with Gasteiger partial charge in [0.25, 0.3) is 0 Å². The second-order valence-electron chi connectivity index (χ2n) is 6.57. The van der Waals surface area contributed by atoms with Crippen molar-refractivity contribution < 1.29 is 14.3 Å². The molecule has 31 heavy (non-hydrogen) atoms. The molecule has 0 bridgehead atoms. The van der Waals surface area contributed by atoms with Crippen molar-refractivity contribution >= 4 is 68.5 Å². The summed E-state index contributed by atoms with van der Waals surface area (Å²) in [6, 6.07) is 11.5. The maximum atomic E-state index is 12.9. The van der Waals surface area contributed by atoms with Gasteiger partial charge >= 0.3 is 0 Å². The molecule has 0 radical (unpaired) electrons. The minimum atomic E-state index is -0.783. The number of benzene rings is 2. The molecule has 2 heterocycles. The molecule has 160 valence electrons. The number of fused-ring (bicyclic) bond motifs is 3. The normalized spacial score (nSPS) is 14.9. The molecule has 1 atom stereocenters. The summed E-state index contributed by atoms with van der Waals surface area (Å²) in [7, 11) is 1.62. The van der Waals surface area contributed by atoms with Crippen molar-refractivity contribution in [3.8, 4) is 22.9 Å². The number of amides is 1. The molecule has 1 amide bonds. The van der Waals surface area contributed by atoms with E-state index in [2.05, 4.69) is 60.4 Å². The standard InChI is InChI=1S/C21H18I2N4O3S/c1-4-31-21-24-19-17(25-26-21)13-7-5-6-8-16(13)27(11(2)28)20(30-19)14-9-12(22)10-15(23)18(14)29-3/h5-10,20H,4H2,1-3H3/t20-/m0/s1. The highest BCUT2D eigenvalue weighted by Crippen LogP contribution is 2.45. The second-order valence-corrected chi connectivity index (χ2v) is 10.2. The maximum absolute atomic E-state index is 12.9. The fraction of sp³-hybridized carbons (Fsp3) is 0.238. The molecule has 0 aliphatic carbocycles. The van der Waals surface area contributed by atoms with E-state index in [0.717, 1.165) is 24.0 Å². The average molecular weight is 660 g/mol. The lowest BCUT2D eigenvalue weighted by molar-refractivity contribution is -0.118. The van der Waals surface area contributed by atoms with Crippen LogP contribution < -0.4 is 14.4 Å². The fourth-order valence-corrected chi connectivity index (χ4v) is 6.04. The van der Waals surface area contributed by atoms with Gasteiger partial charge in [-0.15, -0.1) is 10.2 Å². The molecule has 0 fully saturated rings. The Labute approximate surface area is 211 Å². The molecular weight excluding hydrogens is 642 g/mol. The van der Waals surface area contributed by atoms with Crippen molar-refractivity contribution in [1.82, 2.24) is 15.2 Å². The van der Waals surface area contributed by atoms with E-state index >= 15 is 0 Å². The summed E-state index contributed by atoms with van der Waals surface area (Å²) in [5.74, 6) is 1.63. The Morgan fingerprint density at radius 2 is 2.03 bits per heavy atom. The number of ether oxygens (including phenoxy) is 2. The van der Waals surface area contributed by atoms with Gasteiger partial charge in [0.2, 0.25) is 23.2 Å². The maximum Gasteiger partial charge on any atom is 0.247 e. The van der Waals surface area contributed by atoms with Gasteiger partial charge in [-0.25, -0.2) is 0 Å². The number of carbonyl (C=O) groups excluding carboxylic acids is 1. The van der Waals surface area contributed by atoms with Gasteiger partial charge in [-0.05, 0) is 69.1 Å². The molecule has 0 saturated carbocycles. The minimum Gasteiger partial charge on any atom is -0.495 e. The Bertz CT molecular complexity index is 1160. The molecule has 1 aromatic heterocycles. The predicted molar refractivity (Wildman–Crippen MR) is 137 cm³/mol. The number of hydrogen-bond acceptors (Lipinski definition) is 7. The molecule has 7 nitrogen and oxygen atoms in total. The molecule has 4 rings (SSSR count). The van der Waals surface area contributed by atoms with Gasteiger partial charge in [0.15, 0.2) is 5.69 Å². The first-order chi connectivity index (χ1) is 14.9. The molecule has 0 saturated heterocycles. The number of methoxy groups -OCH3 is 1. The van der Waals surface area contributed by atoms with Crippen LogP contribution in [-0.4, -0.2) is 34.0 Å². The third-order valence-electron chi connectivity index (χ3n) is 4.63. The van der Waals surface area contributed by atoms with E-state index in [1.54, 1.807) is 12.0 Å². The Hall–Kier alpha value is -1.67. The van der Waals surface area contributed by atoms with Crippen LogP contribution in [0.2, 0.25) is 0 Å². The zero-order valence-electron chi connectivity index (χ0n) is 16.9. The zero-order valence-corrected chi connectivity index (χ0v) is 22.1. The van der Waals surface area contributed by atoms with E-state index < -0.39 is 6.23 Å². The Morgan fingerprint density at radius 1 is 1.26 bits per heavy atom. The van der Waals surface area contributed by atoms with Gasteiger partial charge in [-0.3, -0.25) is 9.69 Å². The van der Waals surface area contributed by atoms with E-state index in [1.807, 2.05) is 43.3 Å². The number of aromatic nitrogens is 3.